The molecular formula is C26H33N3O10S4. The Balaban J connectivity index is 2.02. The number of fused-ring (bicyclic) bond motifs is 1. The molecule has 1 aliphatic carbocycles. The highest BCUT2D eigenvalue weighted by Crippen LogP contribution is 2.64. The van der Waals surface area contributed by atoms with Crippen molar-refractivity contribution in [2.75, 3.05) is 18.1 Å². The first-order valence-corrected chi connectivity index (χ1v) is 16.0. The van der Waals surface area contributed by atoms with Crippen molar-refractivity contribution >= 4 is 85.3 Å². The molecule has 0 unspecified atom stereocenters. The van der Waals surface area contributed by atoms with Gasteiger partial charge in [-0.3, -0.25) is 14.9 Å². The van der Waals surface area contributed by atoms with Gasteiger partial charge in [0.25, 0.3) is 0 Å². The quantitative estimate of drug-likeness (QED) is 0.0896. The summed E-state index contributed by atoms with van der Waals surface area (Å²) in [6.07, 6.45) is -1.61. The summed E-state index contributed by atoms with van der Waals surface area (Å²) in [5.74, 6) is -3.85. The van der Waals surface area contributed by atoms with Crippen molar-refractivity contribution in [1.82, 2.24) is 16.0 Å². The zero-order valence-electron chi connectivity index (χ0n) is 23.5. The lowest BCUT2D eigenvalue weighted by molar-refractivity contribution is -0.135. The van der Waals surface area contributed by atoms with Crippen LogP contribution in [0.3, 0.4) is 0 Å². The van der Waals surface area contributed by atoms with Crippen molar-refractivity contribution < 1.29 is 46.6 Å². The molecular weight excluding hydrogens is 643 g/mol. The van der Waals surface area contributed by atoms with E-state index in [1.807, 2.05) is 30.3 Å². The summed E-state index contributed by atoms with van der Waals surface area (Å²) in [7, 11) is 0. The minimum Gasteiger partial charge on any atom is -0.450 e. The summed E-state index contributed by atoms with van der Waals surface area (Å²) in [5, 5.41) is 7.30. The maximum atomic E-state index is 13.9. The maximum Gasteiger partial charge on any atom is 0.408 e. The van der Waals surface area contributed by atoms with Crippen LogP contribution in [0.15, 0.2) is 30.3 Å². The van der Waals surface area contributed by atoms with Crippen molar-refractivity contribution in [3.63, 3.8) is 0 Å². The molecule has 3 rings (SSSR count). The Bertz CT molecular complexity index is 1220. The van der Waals surface area contributed by atoms with Gasteiger partial charge in [0, 0.05) is 43.2 Å². The lowest BCUT2D eigenvalue weighted by Gasteiger charge is -2.40. The zero-order valence-corrected chi connectivity index (χ0v) is 26.9. The van der Waals surface area contributed by atoms with Crippen molar-refractivity contribution in [2.45, 2.75) is 67.2 Å². The number of benzene rings is 1. The van der Waals surface area contributed by atoms with Gasteiger partial charge in [-0.25, -0.2) is 19.2 Å². The standard InChI is InChI=1S/C26H33N3O10S4/c1-4-36-23(34)27-17(19(30)38-40)12-42-25-11-10-16(15-8-6-5-7-9-15)26(25,22(33)29-21(25)32)43-13-18(20(31)39-41)28-24(35)37-14(2)3/h5-9,14,16-18,40-41H,4,10-13H2,1-3H3,(H,27,34)(H,28,35)(H,29,32,33)/t16-,17+,18+,25+,26-/m1/s1. The Hall–Kier alpha value is -2.76. The van der Waals surface area contributed by atoms with Crippen molar-refractivity contribution in [2.24, 2.45) is 0 Å². The van der Waals surface area contributed by atoms with Crippen LogP contribution >= 0.6 is 49.3 Å². The summed E-state index contributed by atoms with van der Waals surface area (Å²) in [6, 6.07) is 6.55. The molecule has 43 heavy (non-hydrogen) atoms. The predicted octanol–water partition coefficient (Wildman–Crippen LogP) is 2.56. The van der Waals surface area contributed by atoms with Gasteiger partial charge in [0.1, 0.15) is 21.6 Å². The van der Waals surface area contributed by atoms with Crippen LogP contribution in [0.25, 0.3) is 0 Å². The van der Waals surface area contributed by atoms with Gasteiger partial charge in [0.2, 0.25) is 11.8 Å². The van der Waals surface area contributed by atoms with Gasteiger partial charge >= 0.3 is 24.1 Å². The number of carbonyl (C=O) groups excluding carboxylic acids is 6. The lowest BCUT2D eigenvalue weighted by atomic mass is 9.84. The molecule has 2 aliphatic rings. The van der Waals surface area contributed by atoms with Crippen LogP contribution in [-0.4, -0.2) is 81.7 Å². The van der Waals surface area contributed by atoms with E-state index in [0.717, 1.165) is 29.1 Å². The van der Waals surface area contributed by atoms with E-state index < -0.39 is 69.5 Å². The Kier molecular flexibility index (Phi) is 12.4. The van der Waals surface area contributed by atoms with Gasteiger partial charge in [0.05, 0.1) is 12.7 Å². The Morgan fingerprint density at radius 3 is 2.09 bits per heavy atom. The number of alkyl carbamates (subject to hydrolysis) is 2. The molecule has 1 aliphatic heterocycles. The molecule has 1 heterocycles. The van der Waals surface area contributed by atoms with Gasteiger partial charge in [-0.1, -0.05) is 30.3 Å². The number of imide groups is 1. The average molecular weight is 676 g/mol. The number of nitrogens with one attached hydrogen (secondary N) is 3. The summed E-state index contributed by atoms with van der Waals surface area (Å²) < 4.78 is 16.2. The van der Waals surface area contributed by atoms with Gasteiger partial charge in [-0.05, 0) is 39.2 Å². The molecule has 236 valence electrons. The molecule has 1 saturated carbocycles. The van der Waals surface area contributed by atoms with Gasteiger partial charge < -0.3 is 28.5 Å². The largest absolute Gasteiger partial charge is 0.450 e. The average Bonchev–Trinajstić information content (AvgIpc) is 3.42. The Morgan fingerprint density at radius 1 is 0.953 bits per heavy atom. The van der Waals surface area contributed by atoms with E-state index in [0.29, 0.717) is 6.42 Å². The van der Waals surface area contributed by atoms with Crippen LogP contribution in [-0.2, 0) is 37.0 Å². The molecule has 0 aromatic heterocycles. The highest BCUT2D eigenvalue weighted by Gasteiger charge is 2.73. The van der Waals surface area contributed by atoms with Crippen LogP contribution in [0.5, 0.6) is 0 Å². The molecule has 13 nitrogen and oxygen atoms in total. The normalized spacial score (nSPS) is 23.9. The molecule has 17 heteroatoms. The highest BCUT2D eigenvalue weighted by atomic mass is 32.2. The molecule has 0 spiro atoms. The van der Waals surface area contributed by atoms with Crippen LogP contribution in [0.1, 0.15) is 45.1 Å². The minimum absolute atomic E-state index is 0.0512. The van der Waals surface area contributed by atoms with Gasteiger partial charge in [-0.2, -0.15) is 0 Å². The van der Waals surface area contributed by atoms with Gasteiger partial charge in [-0.15, -0.1) is 23.5 Å². The highest BCUT2D eigenvalue weighted by molar-refractivity contribution is 8.06. The third-order valence-corrected chi connectivity index (χ3v) is 10.9. The fourth-order valence-corrected chi connectivity index (χ4v) is 9.05. The molecule has 1 aromatic rings. The fraction of sp³-hybridized carbons (Fsp3) is 0.538. The van der Waals surface area contributed by atoms with E-state index in [9.17, 15) is 28.8 Å². The summed E-state index contributed by atoms with van der Waals surface area (Å²) in [5.41, 5.74) is 0.777. The topological polar surface area (TPSA) is 175 Å². The second-order valence-electron chi connectivity index (χ2n) is 9.86. The summed E-state index contributed by atoms with van der Waals surface area (Å²) in [4.78, 5) is 77.2. The van der Waals surface area contributed by atoms with E-state index in [1.165, 1.54) is 0 Å². The number of ether oxygens (including phenoxy) is 2. The molecule has 5 atom stereocenters. The Morgan fingerprint density at radius 2 is 1.53 bits per heavy atom. The van der Waals surface area contributed by atoms with Crippen molar-refractivity contribution in [1.29, 1.82) is 0 Å². The third kappa shape index (κ3) is 7.49. The molecule has 1 aromatic carbocycles. The van der Waals surface area contributed by atoms with E-state index >= 15 is 0 Å². The van der Waals surface area contributed by atoms with E-state index in [2.05, 4.69) is 50.1 Å². The molecule has 1 saturated heterocycles. The predicted molar refractivity (Wildman–Crippen MR) is 165 cm³/mol. The number of amides is 4. The number of thioether (sulfide) groups is 2. The molecule has 4 amide bonds. The van der Waals surface area contributed by atoms with Crippen LogP contribution in [0.2, 0.25) is 0 Å². The first-order chi connectivity index (χ1) is 20.4. The number of thiol groups is 2. The van der Waals surface area contributed by atoms with Gasteiger partial charge in [0.15, 0.2) is 0 Å². The second-order valence-corrected chi connectivity index (χ2v) is 12.8. The van der Waals surface area contributed by atoms with Crippen molar-refractivity contribution in [3.8, 4) is 0 Å². The molecule has 0 radical (unpaired) electrons. The molecule has 2 fully saturated rings. The van der Waals surface area contributed by atoms with Crippen LogP contribution in [0.4, 0.5) is 9.59 Å². The summed E-state index contributed by atoms with van der Waals surface area (Å²) >= 11 is 9.18. The Labute approximate surface area is 268 Å². The fourth-order valence-electron chi connectivity index (χ4n) is 5.16. The monoisotopic (exact) mass is 675 g/mol. The van der Waals surface area contributed by atoms with Crippen LogP contribution in [0, 0.1) is 0 Å². The van der Waals surface area contributed by atoms with E-state index in [1.54, 1.807) is 20.8 Å². The first kappa shape index (κ1) is 34.7. The van der Waals surface area contributed by atoms with Crippen LogP contribution < -0.4 is 16.0 Å². The zero-order chi connectivity index (χ0) is 31.8. The molecule has 0 bridgehead atoms. The SMILES string of the molecule is CCOC(=O)N[C@@H](CS[C@]12CC[C@H](c3ccccc3)[C@@]1(SC[C@H](NC(=O)OC(C)C)C(=O)OS)C(=O)NC2=O)C(=O)OS. The maximum absolute atomic E-state index is 13.9. The first-order valence-electron chi connectivity index (χ1n) is 13.2. The molecule has 3 N–H and O–H groups in total. The van der Waals surface area contributed by atoms with E-state index in [4.69, 9.17) is 9.47 Å². The smallest absolute Gasteiger partial charge is 0.408 e. The number of hydrogen-bond donors (Lipinski definition) is 5. The lowest BCUT2D eigenvalue weighted by Crippen LogP contribution is -2.54. The summed E-state index contributed by atoms with van der Waals surface area (Å²) in [6.45, 7) is 4.91. The van der Waals surface area contributed by atoms with Crippen molar-refractivity contribution in [3.05, 3.63) is 35.9 Å². The minimum atomic E-state index is -1.51. The second kappa shape index (κ2) is 15.3. The van der Waals surface area contributed by atoms with E-state index in [-0.39, 0.29) is 24.5 Å². The third-order valence-electron chi connectivity index (χ3n) is 6.93. The number of rotatable bonds is 13. The number of carbonyl (C=O) groups is 6. The number of hydrogen-bond acceptors (Lipinski definition) is 14.